The third-order valence-corrected chi connectivity index (χ3v) is 20.1. The summed E-state index contributed by atoms with van der Waals surface area (Å²) in [6.07, 6.45) is 7.03. The first-order chi connectivity index (χ1) is 40.6. The van der Waals surface area contributed by atoms with Gasteiger partial charge in [-0.05, 0) is 105 Å². The molecule has 6 aliphatic heterocycles. The second-order valence-corrected chi connectivity index (χ2v) is 25.7. The molecular weight excluding hydrogens is 1090 g/mol. The number of methoxy groups -OCH3 is 1. The number of fused-ring (bicyclic) bond motifs is 4. The molecular formula is C61H73N11O11S. The number of nitro benzene ring substituents is 1. The monoisotopic (exact) mass is 1170 g/mol. The van der Waals surface area contributed by atoms with Gasteiger partial charge in [0.2, 0.25) is 15.7 Å². The number of carbonyl (C=O) groups excluding carboxylic acids is 1. The molecule has 4 N–H and O–H groups in total. The first-order valence-electron chi connectivity index (χ1n) is 29.4. The Bertz CT molecular complexity index is 3600. The Kier molecular flexibility index (Phi) is 15.0. The minimum absolute atomic E-state index is 0.0101. The van der Waals surface area contributed by atoms with Crippen molar-refractivity contribution in [1.29, 1.82) is 0 Å². The molecule has 9 heterocycles. The highest BCUT2D eigenvalue weighted by molar-refractivity contribution is 7.91. The van der Waals surface area contributed by atoms with Crippen LogP contribution in [0.25, 0.3) is 11.0 Å². The van der Waals surface area contributed by atoms with Crippen LogP contribution in [0.2, 0.25) is 0 Å². The number of piperidine rings is 1. The lowest BCUT2D eigenvalue weighted by Gasteiger charge is -2.58. The predicted octanol–water partition coefficient (Wildman–Crippen LogP) is 7.55. The van der Waals surface area contributed by atoms with Gasteiger partial charge in [0.25, 0.3) is 11.6 Å². The highest BCUT2D eigenvalue weighted by Gasteiger charge is 2.51. The van der Waals surface area contributed by atoms with Crippen molar-refractivity contribution >= 4 is 61.0 Å². The number of nitrogens with one attached hydrogen (secondary N) is 2. The summed E-state index contributed by atoms with van der Waals surface area (Å²) in [6.45, 7) is 14.1. The number of hydrogen-bond donors (Lipinski definition) is 3. The fourth-order valence-corrected chi connectivity index (χ4v) is 15.7. The van der Waals surface area contributed by atoms with Crippen molar-refractivity contribution in [2.75, 3.05) is 113 Å². The first kappa shape index (κ1) is 55.9. The highest BCUT2D eigenvalue weighted by Crippen LogP contribution is 2.56. The Morgan fingerprint density at radius 3 is 2.52 bits per heavy atom. The molecule has 0 bridgehead atoms. The zero-order valence-corrected chi connectivity index (χ0v) is 48.8. The summed E-state index contributed by atoms with van der Waals surface area (Å²) in [5, 5.41) is 17.0. The quantitative estimate of drug-likeness (QED) is 0.0664. The number of ether oxygens (including phenoxy) is 6. The Morgan fingerprint density at radius 1 is 0.952 bits per heavy atom. The van der Waals surface area contributed by atoms with Crippen LogP contribution >= 0.6 is 0 Å². The zero-order chi connectivity index (χ0) is 58.0. The number of pyridine rings is 2. The van der Waals surface area contributed by atoms with Crippen molar-refractivity contribution in [1.82, 2.24) is 24.8 Å². The van der Waals surface area contributed by atoms with Crippen LogP contribution in [0.1, 0.15) is 79.0 Å². The highest BCUT2D eigenvalue weighted by atomic mass is 32.2. The molecule has 13 rings (SSSR count). The number of primary amides is 1. The molecule has 22 nitrogen and oxygen atoms in total. The lowest BCUT2D eigenvalue weighted by atomic mass is 9.59. The number of carbonyl (C=O) groups is 1. The number of amides is 1. The van der Waals surface area contributed by atoms with Gasteiger partial charge in [-0.1, -0.05) is 24.3 Å². The molecule has 1 aliphatic carbocycles. The van der Waals surface area contributed by atoms with E-state index in [1.807, 2.05) is 37.1 Å². The second kappa shape index (κ2) is 22.6. The van der Waals surface area contributed by atoms with Gasteiger partial charge in [-0.2, -0.15) is 4.98 Å². The number of nitro groups is 1. The molecule has 0 radical (unpaired) electrons. The largest absolute Gasteiger partial charge is 0.493 e. The third-order valence-electron chi connectivity index (χ3n) is 18.3. The molecule has 1 spiro atoms. The number of rotatable bonds is 15. The maximum atomic E-state index is 16.3. The molecule has 6 aromatic rings. The number of nitrogens with zero attached hydrogens (tertiary/aromatic N) is 8. The molecule has 84 heavy (non-hydrogen) atoms. The number of nitrogens with two attached hydrogens (primary N) is 1. The van der Waals surface area contributed by atoms with Crippen LogP contribution in [0.4, 0.5) is 34.3 Å². The summed E-state index contributed by atoms with van der Waals surface area (Å²) in [5.74, 6) is 1.01. The van der Waals surface area contributed by atoms with E-state index < -0.39 is 44.5 Å². The number of piperazine rings is 1. The maximum absolute atomic E-state index is 16.3. The van der Waals surface area contributed by atoms with Crippen LogP contribution in [0.3, 0.4) is 0 Å². The van der Waals surface area contributed by atoms with E-state index in [4.69, 9.17) is 44.1 Å². The molecule has 3 aromatic carbocycles. The third kappa shape index (κ3) is 10.4. The number of morpholine rings is 1. The molecule has 1 saturated carbocycles. The molecule has 444 valence electrons. The molecule has 0 unspecified atom stereocenters. The minimum Gasteiger partial charge on any atom is -0.493 e. The number of anilines is 5. The van der Waals surface area contributed by atoms with Crippen LogP contribution in [-0.4, -0.2) is 167 Å². The standard InChI is InChI=1S/C61H73N11O11S/c1-37(2)81-34-41-35-82-51-28-43(27-48(72(74)75)54(51)65-41)84(76,77)56-47(10-9-45(57(62)73)55(56)71-46-12-22-80-36-53(46)83-60-49(71)26-40-11-15-63-58(40)66-60)68-16-13-61(14-17-68)29-42(30-61)70-19-18-67(33-50(70)44-8-6-5-7-38(44)3)32-39-25-52(78-4)59(64-31-39)69-20-23-79-24-21-69/h5-11,15,25-28,31,37,41-42,46,50,53,65H,12-14,16-24,29-30,32-36H2,1-4H3,(H2,62,73)(H,63,66)/t41-,46+,50+,53+/m1/s1. The molecule has 4 atom stereocenters. The zero-order valence-electron chi connectivity index (χ0n) is 48.0. The van der Waals surface area contributed by atoms with Gasteiger partial charge in [-0.25, -0.2) is 13.4 Å². The Labute approximate surface area is 488 Å². The van der Waals surface area contributed by atoms with Gasteiger partial charge in [-0.15, -0.1) is 0 Å². The average molecular weight is 1170 g/mol. The summed E-state index contributed by atoms with van der Waals surface area (Å²) in [6, 6.07) is 19.9. The number of H-pyrrole nitrogens is 1. The van der Waals surface area contributed by atoms with Crippen molar-refractivity contribution in [2.45, 2.75) is 106 Å². The van der Waals surface area contributed by atoms with Crippen molar-refractivity contribution in [3.05, 3.63) is 111 Å². The van der Waals surface area contributed by atoms with Gasteiger partial charge in [0.15, 0.2) is 23.0 Å². The van der Waals surface area contributed by atoms with Gasteiger partial charge in [0.05, 0.1) is 78.5 Å². The number of sulfone groups is 1. The molecule has 23 heteroatoms. The van der Waals surface area contributed by atoms with E-state index in [2.05, 4.69) is 67.2 Å². The van der Waals surface area contributed by atoms with E-state index in [-0.39, 0.29) is 75.7 Å². The van der Waals surface area contributed by atoms with Gasteiger partial charge in [0.1, 0.15) is 28.9 Å². The SMILES string of the molecule is COc1cc(CN2CCN(C3CC4(CCN(c5ccc(C(N)=O)c(N6c7cc8cc[nH]c8nc7O[C@H]7COCC[C@@H]76)c5S(=O)(=O)c5cc6c(c([N+](=O)[O-])c5)N[C@H](COC(C)C)CO6)CC4)C3)[C@H](c3ccccc3C)C2)cnc1N1CCOCC1. The molecule has 1 amide bonds. The summed E-state index contributed by atoms with van der Waals surface area (Å²) < 4.78 is 68.5. The maximum Gasteiger partial charge on any atom is 0.297 e. The number of aryl methyl sites for hydroxylation is 1. The van der Waals surface area contributed by atoms with E-state index in [0.717, 1.165) is 93.5 Å². The Hall–Kier alpha value is -7.28. The van der Waals surface area contributed by atoms with E-state index in [1.165, 1.54) is 17.2 Å². The van der Waals surface area contributed by atoms with E-state index in [1.54, 1.807) is 25.4 Å². The van der Waals surface area contributed by atoms with Crippen LogP contribution in [0.15, 0.2) is 88.9 Å². The van der Waals surface area contributed by atoms with Gasteiger partial charge in [0, 0.05) is 101 Å². The first-order valence-corrected chi connectivity index (χ1v) is 30.8. The fraction of sp³-hybridized carbons (Fsp3) is 0.492. The van der Waals surface area contributed by atoms with Gasteiger partial charge < -0.3 is 59.2 Å². The molecule has 4 saturated heterocycles. The normalized spacial score (nSPS) is 22.8. The number of aromatic amines is 1. The van der Waals surface area contributed by atoms with E-state index >= 15 is 8.42 Å². The van der Waals surface area contributed by atoms with Crippen LogP contribution in [0, 0.1) is 22.5 Å². The number of benzene rings is 3. The van der Waals surface area contributed by atoms with E-state index in [0.29, 0.717) is 62.4 Å². The van der Waals surface area contributed by atoms with Crippen molar-refractivity contribution < 1.29 is 46.6 Å². The number of hydrogen-bond acceptors (Lipinski definition) is 19. The summed E-state index contributed by atoms with van der Waals surface area (Å²) in [7, 11) is -3.11. The lowest BCUT2D eigenvalue weighted by Crippen LogP contribution is -2.60. The minimum atomic E-state index is -4.82. The summed E-state index contributed by atoms with van der Waals surface area (Å²) in [4.78, 5) is 50.3. The van der Waals surface area contributed by atoms with Crippen LogP contribution < -0.4 is 40.0 Å². The van der Waals surface area contributed by atoms with Crippen molar-refractivity contribution in [3.8, 4) is 17.4 Å². The smallest absolute Gasteiger partial charge is 0.297 e. The van der Waals surface area contributed by atoms with Gasteiger partial charge >= 0.3 is 0 Å². The molecule has 3 aromatic heterocycles. The van der Waals surface area contributed by atoms with Crippen molar-refractivity contribution in [2.24, 2.45) is 11.1 Å². The topological polar surface area (TPSA) is 246 Å². The summed E-state index contributed by atoms with van der Waals surface area (Å²) >= 11 is 0. The number of aromatic nitrogens is 3. The van der Waals surface area contributed by atoms with Crippen molar-refractivity contribution in [3.63, 3.8) is 0 Å². The second-order valence-electron chi connectivity index (χ2n) is 23.8. The molecule has 5 fully saturated rings. The van der Waals surface area contributed by atoms with Crippen LogP contribution in [0.5, 0.6) is 17.4 Å². The van der Waals surface area contributed by atoms with Gasteiger partial charge in [-0.3, -0.25) is 24.7 Å². The molecule has 7 aliphatic rings. The Balaban J connectivity index is 0.824. The Morgan fingerprint density at radius 2 is 1.76 bits per heavy atom. The fourth-order valence-electron chi connectivity index (χ4n) is 14.0. The van der Waals surface area contributed by atoms with E-state index in [9.17, 15) is 14.9 Å². The lowest BCUT2D eigenvalue weighted by molar-refractivity contribution is -0.384. The predicted molar refractivity (Wildman–Crippen MR) is 316 cm³/mol. The summed E-state index contributed by atoms with van der Waals surface area (Å²) in [5.41, 5.74) is 11.0. The average Bonchev–Trinajstić information content (AvgIpc) is 1.13. The van der Waals surface area contributed by atoms with Crippen LogP contribution in [-0.2, 0) is 30.6 Å².